The Morgan fingerprint density at radius 3 is 1.85 bits per heavy atom. The van der Waals surface area contributed by atoms with Gasteiger partial charge in [-0.15, -0.1) is 0 Å². The fraction of sp³-hybridized carbons (Fsp3) is 0.875. The van der Waals surface area contributed by atoms with E-state index in [1.54, 1.807) is 0 Å². The number of hydrogen-bond acceptors (Lipinski definition) is 3. The van der Waals surface area contributed by atoms with Gasteiger partial charge in [-0.2, -0.15) is 0 Å². The van der Waals surface area contributed by atoms with Crippen LogP contribution in [0.2, 0.25) is 0 Å². The standard InChI is InChI=1S/C16H29IO3/c1-2-3-4-5-6-7-8-9-10-11-12-20-16(19)13-15(18)14-17/h2-14H2,1H3. The monoisotopic (exact) mass is 396 g/mol. The lowest BCUT2D eigenvalue weighted by molar-refractivity contribution is -0.145. The molecule has 0 bridgehead atoms. The molecule has 0 aliphatic carbocycles. The molecule has 0 aliphatic rings. The first-order chi connectivity index (χ1) is 9.70. The quantitative estimate of drug-likeness (QED) is 0.139. The van der Waals surface area contributed by atoms with Crippen LogP contribution < -0.4 is 0 Å². The Bertz CT molecular complexity index is 254. The first-order valence-electron chi connectivity index (χ1n) is 7.94. The maximum atomic E-state index is 11.2. The zero-order valence-corrected chi connectivity index (χ0v) is 15.0. The molecule has 4 heteroatoms. The third-order valence-corrected chi connectivity index (χ3v) is 4.10. The Labute approximate surface area is 137 Å². The minimum atomic E-state index is -0.373. The fourth-order valence-electron chi connectivity index (χ4n) is 2.03. The first kappa shape index (κ1) is 19.9. The number of Topliss-reactive ketones (excluding diaryl/α,β-unsaturated/α-hetero) is 1. The van der Waals surface area contributed by atoms with Crippen molar-refractivity contribution in [2.24, 2.45) is 0 Å². The highest BCUT2D eigenvalue weighted by Gasteiger charge is 2.08. The van der Waals surface area contributed by atoms with Crippen molar-refractivity contribution in [3.63, 3.8) is 0 Å². The summed E-state index contributed by atoms with van der Waals surface area (Å²) in [4.78, 5) is 22.2. The highest BCUT2D eigenvalue weighted by Crippen LogP contribution is 2.10. The average Bonchev–Trinajstić information content (AvgIpc) is 2.44. The van der Waals surface area contributed by atoms with Gasteiger partial charge in [0.2, 0.25) is 0 Å². The molecule has 0 saturated heterocycles. The zero-order valence-electron chi connectivity index (χ0n) is 12.8. The van der Waals surface area contributed by atoms with E-state index in [4.69, 9.17) is 4.74 Å². The Morgan fingerprint density at radius 2 is 1.35 bits per heavy atom. The smallest absolute Gasteiger partial charge is 0.313 e. The Balaban J connectivity index is 3.16. The lowest BCUT2D eigenvalue weighted by Gasteiger charge is -2.04. The first-order valence-corrected chi connectivity index (χ1v) is 9.46. The average molecular weight is 396 g/mol. The number of hydrogen-bond donors (Lipinski definition) is 0. The molecule has 0 amide bonds. The fourth-order valence-corrected chi connectivity index (χ4v) is 2.30. The van der Waals surface area contributed by atoms with Crippen molar-refractivity contribution in [1.29, 1.82) is 0 Å². The Morgan fingerprint density at radius 1 is 0.850 bits per heavy atom. The highest BCUT2D eigenvalue weighted by atomic mass is 127. The second-order valence-electron chi connectivity index (χ2n) is 5.25. The van der Waals surface area contributed by atoms with Crippen molar-refractivity contribution in [3.05, 3.63) is 0 Å². The predicted molar refractivity (Wildman–Crippen MR) is 91.3 cm³/mol. The van der Waals surface area contributed by atoms with Gasteiger partial charge in [-0.1, -0.05) is 87.3 Å². The van der Waals surface area contributed by atoms with Gasteiger partial charge in [-0.25, -0.2) is 0 Å². The van der Waals surface area contributed by atoms with E-state index in [1.807, 2.05) is 22.6 Å². The van der Waals surface area contributed by atoms with E-state index < -0.39 is 0 Å². The van der Waals surface area contributed by atoms with E-state index in [2.05, 4.69) is 6.92 Å². The summed E-state index contributed by atoms with van der Waals surface area (Å²) in [5.41, 5.74) is 0. The van der Waals surface area contributed by atoms with E-state index >= 15 is 0 Å². The summed E-state index contributed by atoms with van der Waals surface area (Å²) >= 11 is 1.96. The molecule has 118 valence electrons. The number of ether oxygens (including phenoxy) is 1. The zero-order chi connectivity index (χ0) is 15.1. The Hall–Kier alpha value is -0.130. The number of unbranched alkanes of at least 4 members (excludes halogenated alkanes) is 9. The van der Waals surface area contributed by atoms with Crippen LogP contribution in [0.5, 0.6) is 0 Å². The third kappa shape index (κ3) is 14.3. The molecule has 0 rings (SSSR count). The number of carbonyl (C=O) groups excluding carboxylic acids is 2. The minimum Gasteiger partial charge on any atom is -0.465 e. The van der Waals surface area contributed by atoms with Crippen molar-refractivity contribution in [1.82, 2.24) is 0 Å². The molecule has 0 saturated carbocycles. The van der Waals surface area contributed by atoms with Crippen LogP contribution in [0, 0.1) is 0 Å². The second kappa shape index (κ2) is 15.3. The van der Waals surface area contributed by atoms with Gasteiger partial charge in [0.25, 0.3) is 0 Å². The van der Waals surface area contributed by atoms with Crippen molar-refractivity contribution in [3.8, 4) is 0 Å². The van der Waals surface area contributed by atoms with Gasteiger partial charge < -0.3 is 4.74 Å². The van der Waals surface area contributed by atoms with Gasteiger partial charge >= 0.3 is 5.97 Å². The molecule has 0 atom stereocenters. The van der Waals surface area contributed by atoms with Crippen molar-refractivity contribution in [2.75, 3.05) is 11.0 Å². The molecule has 3 nitrogen and oxygen atoms in total. The molecule has 0 spiro atoms. The summed E-state index contributed by atoms with van der Waals surface area (Å²) in [5.74, 6) is -0.429. The van der Waals surface area contributed by atoms with Crippen LogP contribution in [0.1, 0.15) is 77.6 Å². The molecule has 0 aromatic carbocycles. The van der Waals surface area contributed by atoms with Crippen LogP contribution in [-0.2, 0) is 14.3 Å². The summed E-state index contributed by atoms with van der Waals surface area (Å²) in [7, 11) is 0. The van der Waals surface area contributed by atoms with E-state index in [-0.39, 0.29) is 18.2 Å². The molecule has 0 aromatic rings. The molecular formula is C16H29IO3. The van der Waals surface area contributed by atoms with E-state index in [0.717, 1.165) is 12.8 Å². The lowest BCUT2D eigenvalue weighted by atomic mass is 10.1. The number of carbonyl (C=O) groups is 2. The summed E-state index contributed by atoms with van der Waals surface area (Å²) in [5, 5.41) is 0. The molecule has 0 aromatic heterocycles. The normalized spacial score (nSPS) is 10.5. The minimum absolute atomic E-state index is 0.0568. The number of alkyl halides is 1. The van der Waals surface area contributed by atoms with Gasteiger partial charge in [-0.05, 0) is 6.42 Å². The highest BCUT2D eigenvalue weighted by molar-refractivity contribution is 14.1. The van der Waals surface area contributed by atoms with Gasteiger partial charge in [0, 0.05) is 0 Å². The van der Waals surface area contributed by atoms with E-state index in [1.165, 1.54) is 51.4 Å². The molecule has 0 heterocycles. The molecular weight excluding hydrogens is 367 g/mol. The number of ketones is 1. The van der Waals surface area contributed by atoms with E-state index in [9.17, 15) is 9.59 Å². The maximum Gasteiger partial charge on any atom is 0.313 e. The Kier molecular flexibility index (Phi) is 15.2. The lowest BCUT2D eigenvalue weighted by Crippen LogP contribution is -2.12. The summed E-state index contributed by atoms with van der Waals surface area (Å²) in [6.45, 7) is 2.70. The van der Waals surface area contributed by atoms with Crippen LogP contribution in [0.3, 0.4) is 0 Å². The summed E-state index contributed by atoms with van der Waals surface area (Å²) in [6.07, 6.45) is 12.6. The molecule has 0 aliphatic heterocycles. The molecule has 0 radical (unpaired) electrons. The van der Waals surface area contributed by atoms with Crippen molar-refractivity contribution < 1.29 is 14.3 Å². The van der Waals surface area contributed by atoms with Gasteiger partial charge in [0.05, 0.1) is 11.0 Å². The van der Waals surface area contributed by atoms with Gasteiger partial charge in [-0.3, -0.25) is 9.59 Å². The topological polar surface area (TPSA) is 43.4 Å². The molecule has 20 heavy (non-hydrogen) atoms. The predicted octanol–water partition coefficient (Wildman–Crippen LogP) is 4.84. The van der Waals surface area contributed by atoms with Crippen molar-refractivity contribution >= 4 is 34.3 Å². The molecule has 0 unspecified atom stereocenters. The SMILES string of the molecule is CCCCCCCCCCCCOC(=O)CC(=O)CI. The van der Waals surface area contributed by atoms with Crippen LogP contribution in [0.4, 0.5) is 0 Å². The maximum absolute atomic E-state index is 11.2. The molecule has 0 N–H and O–H groups in total. The van der Waals surface area contributed by atoms with Crippen LogP contribution >= 0.6 is 22.6 Å². The van der Waals surface area contributed by atoms with E-state index in [0.29, 0.717) is 11.0 Å². The van der Waals surface area contributed by atoms with Crippen LogP contribution in [0.15, 0.2) is 0 Å². The van der Waals surface area contributed by atoms with Crippen LogP contribution in [0.25, 0.3) is 0 Å². The van der Waals surface area contributed by atoms with Gasteiger partial charge in [0.15, 0.2) is 5.78 Å². The number of rotatable bonds is 14. The van der Waals surface area contributed by atoms with Gasteiger partial charge in [0.1, 0.15) is 6.42 Å². The number of esters is 1. The van der Waals surface area contributed by atoms with Crippen LogP contribution in [-0.4, -0.2) is 22.8 Å². The summed E-state index contributed by atoms with van der Waals surface area (Å²) < 4.78 is 5.40. The largest absolute Gasteiger partial charge is 0.465 e. The number of halogens is 1. The molecule has 0 fully saturated rings. The summed E-state index contributed by atoms with van der Waals surface area (Å²) in [6, 6.07) is 0. The second-order valence-corrected chi connectivity index (χ2v) is 6.01. The third-order valence-electron chi connectivity index (χ3n) is 3.25. The van der Waals surface area contributed by atoms with Crippen molar-refractivity contribution in [2.45, 2.75) is 77.6 Å².